The van der Waals surface area contributed by atoms with Gasteiger partial charge in [0.25, 0.3) is 0 Å². The highest BCUT2D eigenvalue weighted by Gasteiger charge is 2.16. The van der Waals surface area contributed by atoms with Gasteiger partial charge in [-0.25, -0.2) is 9.97 Å². The van der Waals surface area contributed by atoms with Gasteiger partial charge in [-0.2, -0.15) is 0 Å². The van der Waals surface area contributed by atoms with Crippen LogP contribution >= 0.6 is 0 Å². The van der Waals surface area contributed by atoms with Crippen molar-refractivity contribution in [2.75, 3.05) is 6.61 Å². The summed E-state index contributed by atoms with van der Waals surface area (Å²) >= 11 is 0. The molecule has 4 nitrogen and oxygen atoms in total. The number of aromatic nitrogens is 3. The van der Waals surface area contributed by atoms with Crippen LogP contribution in [0.2, 0.25) is 0 Å². The Balaban J connectivity index is 1.78. The van der Waals surface area contributed by atoms with Crippen molar-refractivity contribution in [3.63, 3.8) is 0 Å². The quantitative estimate of drug-likeness (QED) is 0.837. The predicted molar refractivity (Wildman–Crippen MR) is 61.2 cm³/mol. The van der Waals surface area contributed by atoms with E-state index in [1.807, 2.05) is 12.1 Å². The highest BCUT2D eigenvalue weighted by Crippen LogP contribution is 2.17. The van der Waals surface area contributed by atoms with E-state index in [0.717, 1.165) is 36.4 Å². The molecule has 1 aliphatic rings. The first kappa shape index (κ1) is 9.78. The molecule has 0 aliphatic carbocycles. The van der Waals surface area contributed by atoms with Gasteiger partial charge in [-0.1, -0.05) is 0 Å². The van der Waals surface area contributed by atoms with Crippen LogP contribution in [-0.2, 0) is 11.2 Å². The first-order chi connectivity index (χ1) is 7.92. The molecular formula is C12H15N3O. The van der Waals surface area contributed by atoms with E-state index in [9.17, 15) is 0 Å². The fraction of sp³-hybridized carbons (Fsp3) is 0.500. The van der Waals surface area contributed by atoms with Gasteiger partial charge >= 0.3 is 0 Å². The molecule has 0 aromatic carbocycles. The topological polar surface area (TPSA) is 50.8 Å². The minimum absolute atomic E-state index is 0.328. The Morgan fingerprint density at radius 3 is 3.25 bits per heavy atom. The largest absolute Gasteiger partial charge is 0.378 e. The van der Waals surface area contributed by atoms with E-state index in [1.165, 1.54) is 12.8 Å². The van der Waals surface area contributed by atoms with Crippen LogP contribution in [0, 0.1) is 0 Å². The number of pyridine rings is 1. The van der Waals surface area contributed by atoms with Gasteiger partial charge in [0.05, 0.1) is 11.6 Å². The van der Waals surface area contributed by atoms with Gasteiger partial charge in [-0.3, -0.25) is 0 Å². The molecule has 0 radical (unpaired) electrons. The fourth-order valence-electron chi connectivity index (χ4n) is 2.18. The maximum atomic E-state index is 5.70. The number of H-pyrrole nitrogens is 1. The van der Waals surface area contributed by atoms with Gasteiger partial charge in [-0.05, 0) is 31.4 Å². The number of ether oxygens (including phenoxy) is 1. The second-order valence-corrected chi connectivity index (χ2v) is 4.25. The molecule has 0 spiro atoms. The lowest BCUT2D eigenvalue weighted by Gasteiger charge is -2.21. The Morgan fingerprint density at radius 2 is 2.44 bits per heavy atom. The van der Waals surface area contributed by atoms with Crippen LogP contribution < -0.4 is 0 Å². The van der Waals surface area contributed by atoms with E-state index in [2.05, 4.69) is 15.0 Å². The second-order valence-electron chi connectivity index (χ2n) is 4.25. The summed E-state index contributed by atoms with van der Waals surface area (Å²) < 4.78 is 5.70. The van der Waals surface area contributed by atoms with Crippen molar-refractivity contribution < 1.29 is 4.74 Å². The van der Waals surface area contributed by atoms with Crippen LogP contribution in [0.5, 0.6) is 0 Å². The number of imidazole rings is 1. The molecule has 1 fully saturated rings. The van der Waals surface area contributed by atoms with Crippen molar-refractivity contribution in [3.8, 4) is 0 Å². The van der Waals surface area contributed by atoms with Gasteiger partial charge in [0.2, 0.25) is 0 Å². The van der Waals surface area contributed by atoms with Crippen LogP contribution in [0.1, 0.15) is 25.1 Å². The van der Waals surface area contributed by atoms with Gasteiger partial charge in [-0.15, -0.1) is 0 Å². The molecule has 2 aromatic heterocycles. The van der Waals surface area contributed by atoms with Gasteiger partial charge in [0.1, 0.15) is 5.82 Å². The first-order valence-corrected chi connectivity index (χ1v) is 5.83. The Morgan fingerprint density at radius 1 is 1.44 bits per heavy atom. The SMILES string of the molecule is c1cnc2nc(CC3CCCCO3)[nH]c2c1. The molecule has 1 aliphatic heterocycles. The summed E-state index contributed by atoms with van der Waals surface area (Å²) in [6.45, 7) is 0.892. The Hall–Kier alpha value is -1.42. The van der Waals surface area contributed by atoms with E-state index >= 15 is 0 Å². The average Bonchev–Trinajstić information content (AvgIpc) is 2.72. The summed E-state index contributed by atoms with van der Waals surface area (Å²) in [4.78, 5) is 12.0. The zero-order chi connectivity index (χ0) is 10.8. The third-order valence-electron chi connectivity index (χ3n) is 3.00. The molecule has 16 heavy (non-hydrogen) atoms. The third kappa shape index (κ3) is 1.93. The molecule has 84 valence electrons. The van der Waals surface area contributed by atoms with Gasteiger partial charge in [0.15, 0.2) is 5.65 Å². The fourth-order valence-corrected chi connectivity index (χ4v) is 2.18. The zero-order valence-corrected chi connectivity index (χ0v) is 9.15. The monoisotopic (exact) mass is 217 g/mol. The maximum Gasteiger partial charge on any atom is 0.177 e. The van der Waals surface area contributed by atoms with Crippen molar-refractivity contribution in [3.05, 3.63) is 24.2 Å². The zero-order valence-electron chi connectivity index (χ0n) is 9.15. The number of hydrogen-bond donors (Lipinski definition) is 1. The van der Waals surface area contributed by atoms with Crippen molar-refractivity contribution in [1.82, 2.24) is 15.0 Å². The second kappa shape index (κ2) is 4.22. The highest BCUT2D eigenvalue weighted by molar-refractivity contribution is 5.69. The lowest BCUT2D eigenvalue weighted by Crippen LogP contribution is -2.21. The van der Waals surface area contributed by atoms with Crippen LogP contribution in [-0.4, -0.2) is 27.7 Å². The summed E-state index contributed by atoms with van der Waals surface area (Å²) in [5.74, 6) is 0.987. The molecule has 3 heterocycles. The van der Waals surface area contributed by atoms with Crippen LogP contribution in [0.25, 0.3) is 11.2 Å². The van der Waals surface area contributed by atoms with E-state index in [4.69, 9.17) is 4.74 Å². The molecule has 0 saturated carbocycles. The van der Waals surface area contributed by atoms with E-state index < -0.39 is 0 Å². The van der Waals surface area contributed by atoms with E-state index in [1.54, 1.807) is 6.20 Å². The van der Waals surface area contributed by atoms with Crippen molar-refractivity contribution >= 4 is 11.2 Å². The molecule has 1 unspecified atom stereocenters. The molecule has 0 amide bonds. The number of aromatic amines is 1. The summed E-state index contributed by atoms with van der Waals surface area (Å²) in [7, 11) is 0. The molecule has 1 saturated heterocycles. The molecule has 4 heteroatoms. The predicted octanol–water partition coefficient (Wildman–Crippen LogP) is 2.07. The molecule has 3 rings (SSSR count). The van der Waals surface area contributed by atoms with E-state index in [0.29, 0.717) is 6.10 Å². The van der Waals surface area contributed by atoms with Crippen molar-refractivity contribution in [2.24, 2.45) is 0 Å². The number of rotatable bonds is 2. The lowest BCUT2D eigenvalue weighted by atomic mass is 10.1. The normalized spacial score (nSPS) is 21.4. The van der Waals surface area contributed by atoms with Crippen LogP contribution in [0.3, 0.4) is 0 Å². The number of nitrogens with one attached hydrogen (secondary N) is 1. The van der Waals surface area contributed by atoms with E-state index in [-0.39, 0.29) is 0 Å². The highest BCUT2D eigenvalue weighted by atomic mass is 16.5. The molecular weight excluding hydrogens is 202 g/mol. The molecule has 0 bridgehead atoms. The van der Waals surface area contributed by atoms with Gasteiger partial charge < -0.3 is 9.72 Å². The minimum atomic E-state index is 0.328. The van der Waals surface area contributed by atoms with Crippen LogP contribution in [0.15, 0.2) is 18.3 Å². The summed E-state index contributed by atoms with van der Waals surface area (Å²) in [5, 5.41) is 0. The Labute approximate surface area is 94.1 Å². The lowest BCUT2D eigenvalue weighted by molar-refractivity contribution is 0.0158. The summed E-state index contributed by atoms with van der Waals surface area (Å²) in [6, 6.07) is 3.92. The summed E-state index contributed by atoms with van der Waals surface area (Å²) in [6.07, 6.45) is 6.57. The standard InChI is InChI=1S/C12H15N3O/c1-2-7-16-9(4-1)8-11-14-10-5-3-6-13-12(10)15-11/h3,5-6,9H,1-2,4,7-8H2,(H,13,14,15). The third-order valence-corrected chi connectivity index (χ3v) is 3.00. The van der Waals surface area contributed by atoms with Gasteiger partial charge in [0, 0.05) is 19.2 Å². The smallest absolute Gasteiger partial charge is 0.177 e. The minimum Gasteiger partial charge on any atom is -0.378 e. The number of nitrogens with zero attached hydrogens (tertiary/aromatic N) is 2. The summed E-state index contributed by atoms with van der Waals surface area (Å²) in [5.41, 5.74) is 1.81. The van der Waals surface area contributed by atoms with Crippen LogP contribution in [0.4, 0.5) is 0 Å². The number of fused-ring (bicyclic) bond motifs is 1. The Bertz CT molecular complexity index is 441. The maximum absolute atomic E-state index is 5.70. The van der Waals surface area contributed by atoms with Crippen molar-refractivity contribution in [1.29, 1.82) is 0 Å². The Kier molecular flexibility index (Phi) is 2.58. The first-order valence-electron chi connectivity index (χ1n) is 5.83. The number of hydrogen-bond acceptors (Lipinski definition) is 3. The average molecular weight is 217 g/mol. The molecule has 2 aromatic rings. The molecule has 1 atom stereocenters. The van der Waals surface area contributed by atoms with Crippen molar-refractivity contribution in [2.45, 2.75) is 31.8 Å². The molecule has 1 N–H and O–H groups in total.